The highest BCUT2D eigenvalue weighted by atomic mass is 15.3. The minimum atomic E-state index is 0.433. The molecule has 3 heteroatoms. The van der Waals surface area contributed by atoms with Crippen molar-refractivity contribution in [2.24, 2.45) is 5.92 Å². The number of rotatable bonds is 1. The number of aromatic nitrogens is 2. The van der Waals surface area contributed by atoms with Crippen LogP contribution in [0.3, 0.4) is 0 Å². The van der Waals surface area contributed by atoms with Crippen molar-refractivity contribution >= 4 is 11.6 Å². The Labute approximate surface area is 126 Å². The molecule has 1 aliphatic carbocycles. The molecule has 0 saturated heterocycles. The first-order valence-corrected chi connectivity index (χ1v) is 7.94. The second-order valence-corrected chi connectivity index (χ2v) is 6.54. The Hall–Kier alpha value is -1.90. The molecule has 2 aromatic rings. The van der Waals surface area contributed by atoms with Crippen molar-refractivity contribution in [1.82, 2.24) is 9.97 Å². The molecule has 2 atom stereocenters. The SMILES string of the molecule is CC1CCc2nc(N3c4ccccc4CC3C)ncc2C1. The molecular formula is C18H21N3. The van der Waals surface area contributed by atoms with Crippen LogP contribution >= 0.6 is 0 Å². The van der Waals surface area contributed by atoms with Crippen LogP contribution in [0.1, 0.15) is 37.1 Å². The van der Waals surface area contributed by atoms with Crippen molar-refractivity contribution in [2.45, 2.75) is 45.6 Å². The lowest BCUT2D eigenvalue weighted by Gasteiger charge is -2.26. The quantitative estimate of drug-likeness (QED) is 0.797. The van der Waals surface area contributed by atoms with E-state index < -0.39 is 0 Å². The number of nitrogens with zero attached hydrogens (tertiary/aromatic N) is 3. The van der Waals surface area contributed by atoms with Crippen LogP contribution in [-0.2, 0) is 19.3 Å². The Bertz CT molecular complexity index is 680. The molecule has 2 heterocycles. The average Bonchev–Trinajstić information content (AvgIpc) is 2.82. The number of aryl methyl sites for hydroxylation is 1. The van der Waals surface area contributed by atoms with E-state index in [-0.39, 0.29) is 0 Å². The second-order valence-electron chi connectivity index (χ2n) is 6.54. The lowest BCUT2D eigenvalue weighted by molar-refractivity contribution is 0.491. The summed E-state index contributed by atoms with van der Waals surface area (Å²) in [4.78, 5) is 11.9. The highest BCUT2D eigenvalue weighted by molar-refractivity contribution is 5.67. The van der Waals surface area contributed by atoms with E-state index in [1.54, 1.807) is 0 Å². The van der Waals surface area contributed by atoms with Gasteiger partial charge in [-0.2, -0.15) is 0 Å². The van der Waals surface area contributed by atoms with Gasteiger partial charge in [0, 0.05) is 23.6 Å². The van der Waals surface area contributed by atoms with Gasteiger partial charge in [-0.05, 0) is 55.7 Å². The molecule has 0 saturated carbocycles. The average molecular weight is 279 g/mol. The summed E-state index contributed by atoms with van der Waals surface area (Å²) in [5.74, 6) is 1.64. The van der Waals surface area contributed by atoms with Gasteiger partial charge in [-0.15, -0.1) is 0 Å². The molecule has 1 aromatic carbocycles. The van der Waals surface area contributed by atoms with Crippen LogP contribution in [0.5, 0.6) is 0 Å². The summed E-state index contributed by atoms with van der Waals surface area (Å²) in [6, 6.07) is 9.05. The maximum absolute atomic E-state index is 4.89. The first kappa shape index (κ1) is 12.8. The third-order valence-corrected chi connectivity index (χ3v) is 4.81. The number of para-hydroxylation sites is 1. The maximum Gasteiger partial charge on any atom is 0.230 e. The molecule has 2 unspecified atom stereocenters. The van der Waals surface area contributed by atoms with Crippen LogP contribution in [-0.4, -0.2) is 16.0 Å². The van der Waals surface area contributed by atoms with E-state index in [9.17, 15) is 0 Å². The lowest BCUT2D eigenvalue weighted by atomic mass is 9.89. The van der Waals surface area contributed by atoms with E-state index in [2.05, 4.69) is 54.2 Å². The van der Waals surface area contributed by atoms with Gasteiger partial charge < -0.3 is 4.90 Å². The molecule has 0 radical (unpaired) electrons. The standard InChI is InChI=1S/C18H21N3/c1-12-7-8-16-15(9-12)11-19-18(20-16)21-13(2)10-14-5-3-4-6-17(14)21/h3-6,11-13H,7-10H2,1-2H3. The molecule has 1 aliphatic heterocycles. The third-order valence-electron chi connectivity index (χ3n) is 4.81. The summed E-state index contributed by atoms with van der Waals surface area (Å²) >= 11 is 0. The van der Waals surface area contributed by atoms with Gasteiger partial charge in [-0.3, -0.25) is 0 Å². The monoisotopic (exact) mass is 279 g/mol. The van der Waals surface area contributed by atoms with Crippen molar-refractivity contribution < 1.29 is 0 Å². The van der Waals surface area contributed by atoms with E-state index in [4.69, 9.17) is 4.98 Å². The highest BCUT2D eigenvalue weighted by Crippen LogP contribution is 2.37. The minimum absolute atomic E-state index is 0.433. The molecule has 0 fully saturated rings. The maximum atomic E-state index is 4.89. The first-order valence-electron chi connectivity index (χ1n) is 7.94. The number of benzene rings is 1. The predicted octanol–water partition coefficient (Wildman–Crippen LogP) is 3.68. The fourth-order valence-corrected chi connectivity index (χ4v) is 3.67. The topological polar surface area (TPSA) is 29.0 Å². The van der Waals surface area contributed by atoms with Gasteiger partial charge in [0.2, 0.25) is 5.95 Å². The third kappa shape index (κ3) is 2.11. The van der Waals surface area contributed by atoms with Crippen LogP contribution in [0.4, 0.5) is 11.6 Å². The van der Waals surface area contributed by atoms with Crippen molar-refractivity contribution in [3.8, 4) is 0 Å². The molecule has 108 valence electrons. The Balaban J connectivity index is 1.74. The fourth-order valence-electron chi connectivity index (χ4n) is 3.67. The second kappa shape index (κ2) is 4.83. The largest absolute Gasteiger partial charge is 0.307 e. The molecule has 0 spiro atoms. The van der Waals surface area contributed by atoms with Gasteiger partial charge in [0.15, 0.2) is 0 Å². The fraction of sp³-hybridized carbons (Fsp3) is 0.444. The van der Waals surface area contributed by atoms with Crippen molar-refractivity contribution in [3.63, 3.8) is 0 Å². The Morgan fingerprint density at radius 1 is 1.10 bits per heavy atom. The van der Waals surface area contributed by atoms with E-state index in [1.165, 1.54) is 28.9 Å². The van der Waals surface area contributed by atoms with Crippen molar-refractivity contribution in [1.29, 1.82) is 0 Å². The van der Waals surface area contributed by atoms with Gasteiger partial charge in [0.25, 0.3) is 0 Å². The number of fused-ring (bicyclic) bond motifs is 2. The Morgan fingerprint density at radius 2 is 1.95 bits per heavy atom. The van der Waals surface area contributed by atoms with Crippen molar-refractivity contribution in [2.75, 3.05) is 4.90 Å². The summed E-state index contributed by atoms with van der Waals surface area (Å²) in [5, 5.41) is 0. The molecule has 21 heavy (non-hydrogen) atoms. The molecule has 3 nitrogen and oxygen atoms in total. The van der Waals surface area contributed by atoms with Gasteiger partial charge in [-0.1, -0.05) is 25.1 Å². The molecular weight excluding hydrogens is 258 g/mol. The summed E-state index contributed by atoms with van der Waals surface area (Å²) in [5.41, 5.74) is 5.28. The minimum Gasteiger partial charge on any atom is -0.307 e. The van der Waals surface area contributed by atoms with Crippen LogP contribution in [0.15, 0.2) is 30.5 Å². The smallest absolute Gasteiger partial charge is 0.230 e. The normalized spacial score (nSPS) is 23.8. The molecule has 4 rings (SSSR count). The zero-order valence-electron chi connectivity index (χ0n) is 12.7. The van der Waals surface area contributed by atoms with Crippen molar-refractivity contribution in [3.05, 3.63) is 47.3 Å². The number of anilines is 2. The Kier molecular flexibility index (Phi) is 2.95. The highest BCUT2D eigenvalue weighted by Gasteiger charge is 2.29. The molecule has 0 N–H and O–H groups in total. The van der Waals surface area contributed by atoms with Gasteiger partial charge >= 0.3 is 0 Å². The predicted molar refractivity (Wildman–Crippen MR) is 85.0 cm³/mol. The van der Waals surface area contributed by atoms with Gasteiger partial charge in [0.1, 0.15) is 0 Å². The van der Waals surface area contributed by atoms with Crippen LogP contribution < -0.4 is 4.90 Å². The van der Waals surface area contributed by atoms with Crippen LogP contribution in [0.2, 0.25) is 0 Å². The number of hydrogen-bond donors (Lipinski definition) is 0. The van der Waals surface area contributed by atoms with Gasteiger partial charge in [-0.25, -0.2) is 9.97 Å². The van der Waals surface area contributed by atoms with Crippen LogP contribution in [0, 0.1) is 5.92 Å². The summed E-state index contributed by atoms with van der Waals surface area (Å²) < 4.78 is 0. The van der Waals surface area contributed by atoms with Gasteiger partial charge in [0.05, 0.1) is 0 Å². The molecule has 2 aliphatic rings. The lowest BCUT2D eigenvalue weighted by Crippen LogP contribution is -2.27. The zero-order valence-corrected chi connectivity index (χ0v) is 12.7. The first-order chi connectivity index (χ1) is 10.2. The number of hydrogen-bond acceptors (Lipinski definition) is 3. The molecule has 1 aromatic heterocycles. The zero-order chi connectivity index (χ0) is 14.4. The summed E-state index contributed by atoms with van der Waals surface area (Å²) in [6.45, 7) is 4.57. The summed E-state index contributed by atoms with van der Waals surface area (Å²) in [7, 11) is 0. The van der Waals surface area contributed by atoms with Crippen LogP contribution in [0.25, 0.3) is 0 Å². The molecule has 0 bridgehead atoms. The Morgan fingerprint density at radius 3 is 2.86 bits per heavy atom. The molecule has 0 amide bonds. The van der Waals surface area contributed by atoms with E-state index in [0.717, 1.165) is 31.1 Å². The van der Waals surface area contributed by atoms with E-state index in [0.29, 0.717) is 6.04 Å². The van der Waals surface area contributed by atoms with E-state index >= 15 is 0 Å². The summed E-state index contributed by atoms with van der Waals surface area (Å²) in [6.07, 6.45) is 6.60. The van der Waals surface area contributed by atoms with E-state index in [1.807, 2.05) is 0 Å².